The van der Waals surface area contributed by atoms with Gasteiger partial charge in [-0.25, -0.2) is 4.98 Å². The zero-order chi connectivity index (χ0) is 30.6. The zero-order valence-electron chi connectivity index (χ0n) is 26.1. The number of hydrogen-bond donors (Lipinski definition) is 2. The molecule has 0 spiro atoms. The molecule has 0 saturated carbocycles. The summed E-state index contributed by atoms with van der Waals surface area (Å²) >= 11 is 6.52. The van der Waals surface area contributed by atoms with Crippen molar-refractivity contribution in [3.63, 3.8) is 0 Å². The van der Waals surface area contributed by atoms with Crippen LogP contribution in [0.15, 0.2) is 42.6 Å². The molecular formula is C32H45ClN7O2P. The molecule has 0 radical (unpaired) electrons. The number of aryl methyl sites for hydroxylation is 1. The Labute approximate surface area is 261 Å². The van der Waals surface area contributed by atoms with Crippen molar-refractivity contribution in [1.29, 1.82) is 0 Å². The topological polar surface area (TPSA) is 85.9 Å². The molecule has 11 heteroatoms. The lowest BCUT2D eigenvalue weighted by Crippen LogP contribution is -2.52. The Morgan fingerprint density at radius 1 is 1.00 bits per heavy atom. The van der Waals surface area contributed by atoms with Crippen LogP contribution < -0.4 is 25.6 Å². The summed E-state index contributed by atoms with van der Waals surface area (Å²) in [5, 5.41) is 7.85. The Bertz CT molecular complexity index is 1450. The number of benzene rings is 2. The fraction of sp³-hybridized carbons (Fsp3) is 0.500. The number of likely N-dealkylation sites (N-methyl/N-ethyl adjacent to an activating group) is 1. The largest absolute Gasteiger partial charge is 0.494 e. The number of nitrogens with one attached hydrogen (secondary N) is 2. The summed E-state index contributed by atoms with van der Waals surface area (Å²) in [6.07, 6.45) is 5.11. The number of rotatable bonds is 10. The predicted octanol–water partition coefficient (Wildman–Crippen LogP) is 6.18. The van der Waals surface area contributed by atoms with E-state index in [4.69, 9.17) is 16.3 Å². The Morgan fingerprint density at radius 2 is 1.70 bits per heavy atom. The molecule has 232 valence electrons. The lowest BCUT2D eigenvalue weighted by molar-refractivity contribution is 0.0982. The van der Waals surface area contributed by atoms with Crippen LogP contribution in [0.2, 0.25) is 5.02 Å². The first kappa shape index (κ1) is 31.6. The van der Waals surface area contributed by atoms with Gasteiger partial charge in [-0.3, -0.25) is 4.90 Å². The molecule has 2 N–H and O–H groups in total. The molecule has 5 rings (SSSR count). The van der Waals surface area contributed by atoms with Gasteiger partial charge in [0, 0.05) is 74.7 Å². The lowest BCUT2D eigenvalue weighted by atomic mass is 10.0. The SMILES string of the molecule is CCP(=O)(CC)c1ccccc1Nc1nc(Nc2cc(C)c(N3CCC(N4CCN(C)CC4)CC3)cc2OC)ncc1Cl. The molecule has 3 heterocycles. The first-order valence-corrected chi connectivity index (χ1v) is 17.8. The minimum absolute atomic E-state index is 0.377. The number of ether oxygens (including phenoxy) is 1. The van der Waals surface area contributed by atoms with Gasteiger partial charge in [-0.15, -0.1) is 0 Å². The first-order valence-electron chi connectivity index (χ1n) is 15.3. The van der Waals surface area contributed by atoms with Crippen LogP contribution >= 0.6 is 18.7 Å². The van der Waals surface area contributed by atoms with Gasteiger partial charge in [0.25, 0.3) is 0 Å². The van der Waals surface area contributed by atoms with Crippen LogP contribution in [0.25, 0.3) is 0 Å². The average Bonchev–Trinajstić information content (AvgIpc) is 3.03. The summed E-state index contributed by atoms with van der Waals surface area (Å²) in [5.41, 5.74) is 3.89. The van der Waals surface area contributed by atoms with Crippen molar-refractivity contribution in [2.45, 2.75) is 39.7 Å². The number of halogens is 1. The Balaban J connectivity index is 1.31. The second kappa shape index (κ2) is 13.9. The number of hydrogen-bond acceptors (Lipinski definition) is 9. The highest BCUT2D eigenvalue weighted by molar-refractivity contribution is 7.71. The fourth-order valence-corrected chi connectivity index (χ4v) is 8.40. The third kappa shape index (κ3) is 7.12. The lowest BCUT2D eigenvalue weighted by Gasteiger charge is -2.43. The molecule has 1 aromatic heterocycles. The minimum Gasteiger partial charge on any atom is -0.494 e. The molecule has 0 aliphatic carbocycles. The maximum atomic E-state index is 13.6. The maximum absolute atomic E-state index is 13.6. The van der Waals surface area contributed by atoms with Crippen molar-refractivity contribution < 1.29 is 9.30 Å². The number of para-hydroxylation sites is 1. The Kier molecular flexibility index (Phi) is 10.2. The quantitative estimate of drug-likeness (QED) is 0.257. The zero-order valence-corrected chi connectivity index (χ0v) is 27.7. The third-order valence-corrected chi connectivity index (χ3v) is 12.6. The fourth-order valence-electron chi connectivity index (χ4n) is 6.21. The Hall–Kier alpha value is -2.84. The second-order valence-corrected chi connectivity index (χ2v) is 15.5. The highest BCUT2D eigenvalue weighted by atomic mass is 35.5. The molecule has 2 saturated heterocycles. The van der Waals surface area contributed by atoms with Crippen LogP contribution in [0, 0.1) is 6.92 Å². The monoisotopic (exact) mass is 625 g/mol. The van der Waals surface area contributed by atoms with Crippen molar-refractivity contribution in [2.24, 2.45) is 0 Å². The standard InChI is InChI=1S/C32H45ClN7O2P/c1-6-43(41,7-2)30-11-9-8-10-26(30)35-31-25(33)22-34-32(37-31)36-27-20-23(3)28(21-29(27)42-5)40-14-12-24(13-15-40)39-18-16-38(4)17-19-39/h8-11,20-22,24H,6-7,12-19H2,1-5H3,(H2,34,35,36,37). The predicted molar refractivity (Wildman–Crippen MR) is 180 cm³/mol. The molecule has 2 aliphatic heterocycles. The minimum atomic E-state index is -2.53. The van der Waals surface area contributed by atoms with Crippen molar-refractivity contribution in [2.75, 3.05) is 81.3 Å². The van der Waals surface area contributed by atoms with Crippen LogP contribution in [0.4, 0.5) is 28.8 Å². The van der Waals surface area contributed by atoms with Gasteiger partial charge in [-0.1, -0.05) is 37.6 Å². The summed E-state index contributed by atoms with van der Waals surface area (Å²) < 4.78 is 19.4. The van der Waals surface area contributed by atoms with E-state index in [1.54, 1.807) is 13.3 Å². The van der Waals surface area contributed by atoms with Gasteiger partial charge in [0.1, 0.15) is 17.9 Å². The molecule has 9 nitrogen and oxygen atoms in total. The van der Waals surface area contributed by atoms with E-state index in [9.17, 15) is 4.57 Å². The van der Waals surface area contributed by atoms with Gasteiger partial charge in [0.05, 0.1) is 24.7 Å². The second-order valence-electron chi connectivity index (χ2n) is 11.6. The first-order chi connectivity index (χ1) is 20.7. The van der Waals surface area contributed by atoms with Crippen LogP contribution in [-0.2, 0) is 4.57 Å². The van der Waals surface area contributed by atoms with Crippen LogP contribution in [0.5, 0.6) is 5.75 Å². The number of piperidine rings is 1. The van der Waals surface area contributed by atoms with E-state index >= 15 is 0 Å². The van der Waals surface area contributed by atoms with Crippen molar-refractivity contribution >= 4 is 52.9 Å². The number of piperazine rings is 1. The van der Waals surface area contributed by atoms with Gasteiger partial charge in [0.15, 0.2) is 5.82 Å². The van der Waals surface area contributed by atoms with Crippen LogP contribution in [0.3, 0.4) is 0 Å². The Morgan fingerprint density at radius 3 is 2.37 bits per heavy atom. The smallest absolute Gasteiger partial charge is 0.229 e. The number of nitrogens with zero attached hydrogens (tertiary/aromatic N) is 5. The molecule has 43 heavy (non-hydrogen) atoms. The number of methoxy groups -OCH3 is 1. The molecule has 2 aliphatic rings. The van der Waals surface area contributed by atoms with E-state index in [0.717, 1.165) is 54.2 Å². The van der Waals surface area contributed by atoms with E-state index in [2.05, 4.69) is 61.4 Å². The number of anilines is 5. The summed E-state index contributed by atoms with van der Waals surface area (Å²) in [6.45, 7) is 12.8. The molecule has 0 unspecified atom stereocenters. The van der Waals surface area contributed by atoms with Crippen molar-refractivity contribution in [3.05, 3.63) is 53.2 Å². The van der Waals surface area contributed by atoms with Gasteiger partial charge in [-0.05, 0) is 50.6 Å². The number of aromatic nitrogens is 2. The molecule has 0 atom stereocenters. The van der Waals surface area contributed by atoms with E-state index in [0.29, 0.717) is 35.2 Å². The van der Waals surface area contributed by atoms with Crippen LogP contribution in [0.1, 0.15) is 32.3 Å². The van der Waals surface area contributed by atoms with Crippen molar-refractivity contribution in [3.8, 4) is 5.75 Å². The van der Waals surface area contributed by atoms with Gasteiger partial charge < -0.3 is 29.7 Å². The highest BCUT2D eigenvalue weighted by Gasteiger charge is 2.28. The third-order valence-electron chi connectivity index (χ3n) is 8.99. The molecule has 0 bridgehead atoms. The average molecular weight is 626 g/mol. The molecule has 2 aromatic carbocycles. The van der Waals surface area contributed by atoms with Gasteiger partial charge in [-0.2, -0.15) is 4.98 Å². The molecular weight excluding hydrogens is 581 g/mol. The van der Waals surface area contributed by atoms with Crippen LogP contribution in [-0.4, -0.2) is 91.6 Å². The van der Waals surface area contributed by atoms with Gasteiger partial charge >= 0.3 is 0 Å². The van der Waals surface area contributed by atoms with E-state index in [1.165, 1.54) is 31.6 Å². The maximum Gasteiger partial charge on any atom is 0.229 e. The molecule has 2 fully saturated rings. The highest BCUT2D eigenvalue weighted by Crippen LogP contribution is 2.46. The molecule has 0 amide bonds. The molecule has 3 aromatic rings. The van der Waals surface area contributed by atoms with E-state index in [1.807, 2.05) is 38.1 Å². The summed E-state index contributed by atoms with van der Waals surface area (Å²) in [6, 6.07) is 12.6. The summed E-state index contributed by atoms with van der Waals surface area (Å²) in [4.78, 5) is 16.7. The summed E-state index contributed by atoms with van der Waals surface area (Å²) in [7, 11) is 1.37. The summed E-state index contributed by atoms with van der Waals surface area (Å²) in [5.74, 6) is 1.56. The van der Waals surface area contributed by atoms with E-state index in [-0.39, 0.29) is 0 Å². The normalized spacial score (nSPS) is 17.2. The van der Waals surface area contributed by atoms with Crippen molar-refractivity contribution in [1.82, 2.24) is 19.8 Å². The van der Waals surface area contributed by atoms with Gasteiger partial charge in [0.2, 0.25) is 5.95 Å². The van der Waals surface area contributed by atoms with E-state index < -0.39 is 7.14 Å².